The van der Waals surface area contributed by atoms with Crippen LogP contribution in [0.15, 0.2) is 42.9 Å². The van der Waals surface area contributed by atoms with E-state index in [9.17, 15) is 33.9 Å². The zero-order valence-corrected chi connectivity index (χ0v) is 28.5. The van der Waals surface area contributed by atoms with Crippen LogP contribution in [0.2, 0.25) is 0 Å². The van der Waals surface area contributed by atoms with E-state index < -0.39 is 84.1 Å². The van der Waals surface area contributed by atoms with Gasteiger partial charge in [-0.15, -0.1) is 0 Å². The van der Waals surface area contributed by atoms with Gasteiger partial charge >= 0.3 is 5.97 Å². The topological polar surface area (TPSA) is 264 Å². The van der Waals surface area contributed by atoms with Crippen molar-refractivity contribution in [3.63, 3.8) is 0 Å². The number of carbonyl (C=O) groups excluding carboxylic acids is 5. The van der Waals surface area contributed by atoms with Crippen LogP contribution >= 0.6 is 0 Å². The summed E-state index contributed by atoms with van der Waals surface area (Å²) in [5.41, 5.74) is 12.7. The number of nitrogens with one attached hydrogen (secondary N) is 6. The molecule has 0 saturated heterocycles. The summed E-state index contributed by atoms with van der Waals surface area (Å²) in [4.78, 5) is 84.3. The third-order valence-corrected chi connectivity index (χ3v) is 7.74. The largest absolute Gasteiger partial charge is 0.480 e. The van der Waals surface area contributed by atoms with E-state index in [0.29, 0.717) is 31.5 Å². The number of imidazole rings is 1. The lowest BCUT2D eigenvalue weighted by Crippen LogP contribution is -2.59. The molecule has 0 saturated carbocycles. The van der Waals surface area contributed by atoms with E-state index in [1.54, 1.807) is 64.2 Å². The summed E-state index contributed by atoms with van der Waals surface area (Å²) in [5.74, 6) is -5.32. The highest BCUT2D eigenvalue weighted by Gasteiger charge is 2.32. The van der Waals surface area contributed by atoms with Gasteiger partial charge in [0.25, 0.3) is 0 Å². The molecule has 0 aliphatic rings. The Morgan fingerprint density at radius 2 is 1.43 bits per heavy atom. The lowest BCUT2D eigenvalue weighted by atomic mass is 9.99. The van der Waals surface area contributed by atoms with Crippen molar-refractivity contribution in [2.45, 2.75) is 90.0 Å². The summed E-state index contributed by atoms with van der Waals surface area (Å²) >= 11 is 0. The highest BCUT2D eigenvalue weighted by molar-refractivity contribution is 5.95. The number of carboxylic acid groups (broad SMARTS) is 1. The third kappa shape index (κ3) is 14.0. The van der Waals surface area contributed by atoms with E-state index in [1.807, 2.05) is 0 Å². The smallest absolute Gasteiger partial charge is 0.326 e. The lowest BCUT2D eigenvalue weighted by Gasteiger charge is -2.27. The Labute approximate surface area is 286 Å². The molecule has 0 bridgehead atoms. The van der Waals surface area contributed by atoms with Crippen LogP contribution in [0.25, 0.3) is 0 Å². The molecule has 11 N–H and O–H groups in total. The lowest BCUT2D eigenvalue weighted by molar-refractivity contribution is -0.143. The Bertz CT molecular complexity index is 1370. The standard InChI is InChI=1S/C33H51N9O7/c1-19(2)27(32(47)40-24(14-21-10-6-5-7-11-21)31(46)42-28(20(3)4)33(48)49)41-26(43)17-37-30(45)25(15-22-16-36-18-38-22)39-29(44)23(35)12-8-9-13-34/h5-7,10-11,16,18-20,23-25,27-28H,8-9,12-15,17,34-35H2,1-4H3,(H,36,38)(H,37,45)(H,39,44)(H,40,47)(H,41,43)(H,42,46)(H,48,49)/t23-,24?,25-,27-,28-/m0/s1. The second kappa shape index (κ2) is 20.5. The van der Waals surface area contributed by atoms with Crippen LogP contribution in [-0.4, -0.2) is 93.9 Å². The van der Waals surface area contributed by atoms with Gasteiger partial charge in [0.1, 0.15) is 24.2 Å². The molecule has 0 spiro atoms. The van der Waals surface area contributed by atoms with Crippen molar-refractivity contribution in [2.75, 3.05) is 13.1 Å². The highest BCUT2D eigenvalue weighted by atomic mass is 16.4. The Kier molecular flexibility index (Phi) is 16.9. The minimum Gasteiger partial charge on any atom is -0.480 e. The van der Waals surface area contributed by atoms with Crippen LogP contribution in [0.5, 0.6) is 0 Å². The second-order valence-corrected chi connectivity index (χ2v) is 12.5. The van der Waals surface area contributed by atoms with Crippen LogP contribution < -0.4 is 38.1 Å². The Balaban J connectivity index is 2.11. The molecular formula is C33H51N9O7. The number of carboxylic acids is 1. The number of nitrogens with zero attached hydrogens (tertiary/aromatic N) is 1. The SMILES string of the molecule is CC(C)[C@H](NC(=O)C(Cc1ccccc1)NC(=O)[C@@H](NC(=O)CNC(=O)[C@H](Cc1c[nH]cn1)NC(=O)[C@@H](N)CCCCN)C(C)C)C(=O)O. The molecule has 270 valence electrons. The number of aromatic nitrogens is 2. The van der Waals surface area contributed by atoms with Gasteiger partial charge in [0.15, 0.2) is 0 Å². The van der Waals surface area contributed by atoms with E-state index >= 15 is 0 Å². The zero-order valence-electron chi connectivity index (χ0n) is 28.5. The number of unbranched alkanes of at least 4 members (excludes halogenated alkanes) is 1. The van der Waals surface area contributed by atoms with Crippen LogP contribution in [0, 0.1) is 11.8 Å². The van der Waals surface area contributed by atoms with Crippen LogP contribution in [0.1, 0.15) is 58.2 Å². The van der Waals surface area contributed by atoms with Crippen molar-refractivity contribution < 1.29 is 33.9 Å². The highest BCUT2D eigenvalue weighted by Crippen LogP contribution is 2.09. The molecule has 0 fully saturated rings. The summed E-state index contributed by atoms with van der Waals surface area (Å²) < 4.78 is 0. The molecule has 1 heterocycles. The average molecular weight is 686 g/mol. The summed E-state index contributed by atoms with van der Waals surface area (Å²) in [6, 6.07) is 3.49. The first-order valence-electron chi connectivity index (χ1n) is 16.4. The van der Waals surface area contributed by atoms with E-state index in [-0.39, 0.29) is 12.8 Å². The van der Waals surface area contributed by atoms with Crippen LogP contribution in [0.3, 0.4) is 0 Å². The summed E-state index contributed by atoms with van der Waals surface area (Å²) in [5, 5.41) is 22.5. The van der Waals surface area contributed by atoms with Crippen LogP contribution in [-0.2, 0) is 41.6 Å². The van der Waals surface area contributed by atoms with Crippen LogP contribution in [0.4, 0.5) is 0 Å². The number of benzene rings is 1. The number of hydrogen-bond acceptors (Lipinski definition) is 9. The van der Waals surface area contributed by atoms with Crippen molar-refractivity contribution >= 4 is 35.5 Å². The zero-order chi connectivity index (χ0) is 36.5. The van der Waals surface area contributed by atoms with E-state index in [4.69, 9.17) is 11.5 Å². The van der Waals surface area contributed by atoms with Crippen molar-refractivity contribution in [3.8, 4) is 0 Å². The van der Waals surface area contributed by atoms with E-state index in [2.05, 4.69) is 36.6 Å². The number of nitrogens with two attached hydrogens (primary N) is 2. The summed E-state index contributed by atoms with van der Waals surface area (Å²) in [7, 11) is 0. The fraction of sp³-hybridized carbons (Fsp3) is 0.545. The number of hydrogen-bond donors (Lipinski definition) is 9. The molecule has 2 rings (SSSR count). The summed E-state index contributed by atoms with van der Waals surface area (Å²) in [6.07, 6.45) is 4.82. The molecular weight excluding hydrogens is 634 g/mol. The summed E-state index contributed by atoms with van der Waals surface area (Å²) in [6.45, 7) is 6.64. The Hall–Kier alpha value is -4.83. The quantitative estimate of drug-likeness (QED) is 0.0732. The van der Waals surface area contributed by atoms with Crippen molar-refractivity contribution in [3.05, 3.63) is 54.1 Å². The van der Waals surface area contributed by atoms with Gasteiger partial charge in [0.05, 0.1) is 24.6 Å². The minimum atomic E-state index is -1.21. The van der Waals surface area contributed by atoms with Gasteiger partial charge in [0, 0.05) is 19.0 Å². The monoisotopic (exact) mass is 685 g/mol. The van der Waals surface area contributed by atoms with Crippen molar-refractivity contribution in [2.24, 2.45) is 23.3 Å². The first-order valence-corrected chi connectivity index (χ1v) is 16.4. The predicted octanol–water partition coefficient (Wildman–Crippen LogP) is -0.897. The molecule has 16 heteroatoms. The minimum absolute atomic E-state index is 0.0274. The number of H-pyrrole nitrogens is 1. The van der Waals surface area contributed by atoms with Gasteiger partial charge in [-0.3, -0.25) is 24.0 Å². The normalized spacial score (nSPS) is 14.2. The number of carbonyl (C=O) groups is 6. The van der Waals surface area contributed by atoms with E-state index in [0.717, 1.165) is 5.56 Å². The molecule has 49 heavy (non-hydrogen) atoms. The van der Waals surface area contributed by atoms with Gasteiger partial charge in [-0.2, -0.15) is 0 Å². The molecule has 5 amide bonds. The fourth-order valence-corrected chi connectivity index (χ4v) is 4.88. The molecule has 2 aromatic rings. The molecule has 1 aromatic carbocycles. The maximum absolute atomic E-state index is 13.5. The number of aromatic amines is 1. The first kappa shape index (κ1) is 40.3. The predicted molar refractivity (Wildman–Crippen MR) is 181 cm³/mol. The molecule has 16 nitrogen and oxygen atoms in total. The number of amides is 5. The molecule has 0 aliphatic heterocycles. The third-order valence-electron chi connectivity index (χ3n) is 7.74. The molecule has 1 aromatic heterocycles. The molecule has 1 unspecified atom stereocenters. The first-order chi connectivity index (χ1) is 23.2. The van der Waals surface area contributed by atoms with Gasteiger partial charge < -0.3 is 48.1 Å². The van der Waals surface area contributed by atoms with Gasteiger partial charge in [-0.1, -0.05) is 64.4 Å². The number of rotatable bonds is 21. The molecule has 5 atom stereocenters. The Morgan fingerprint density at radius 3 is 2.00 bits per heavy atom. The fourth-order valence-electron chi connectivity index (χ4n) is 4.88. The van der Waals surface area contributed by atoms with Gasteiger partial charge in [0.2, 0.25) is 29.5 Å². The van der Waals surface area contributed by atoms with Gasteiger partial charge in [-0.25, -0.2) is 9.78 Å². The van der Waals surface area contributed by atoms with Gasteiger partial charge in [-0.05, 0) is 36.8 Å². The maximum atomic E-state index is 13.5. The molecule has 0 radical (unpaired) electrons. The van der Waals surface area contributed by atoms with Crippen molar-refractivity contribution in [1.29, 1.82) is 0 Å². The van der Waals surface area contributed by atoms with Crippen molar-refractivity contribution in [1.82, 2.24) is 36.6 Å². The Morgan fingerprint density at radius 1 is 0.796 bits per heavy atom. The average Bonchev–Trinajstić information content (AvgIpc) is 3.57. The maximum Gasteiger partial charge on any atom is 0.326 e. The number of aliphatic carboxylic acids is 1. The van der Waals surface area contributed by atoms with E-state index in [1.165, 1.54) is 6.33 Å². The second-order valence-electron chi connectivity index (χ2n) is 12.5. The molecule has 0 aliphatic carbocycles.